The Hall–Kier alpha value is -3.42. The van der Waals surface area contributed by atoms with Crippen molar-refractivity contribution in [1.29, 1.82) is 0 Å². The Balaban J connectivity index is 1.77. The summed E-state index contributed by atoms with van der Waals surface area (Å²) in [4.78, 5) is 13.1. The predicted octanol–water partition coefficient (Wildman–Crippen LogP) is 4.88. The molecule has 9 heteroatoms. The summed E-state index contributed by atoms with van der Waals surface area (Å²) >= 11 is 12.3. The summed E-state index contributed by atoms with van der Waals surface area (Å²) in [6.07, 6.45) is 3.05. The van der Waals surface area contributed by atoms with Crippen molar-refractivity contribution in [3.63, 3.8) is 0 Å². The van der Waals surface area contributed by atoms with E-state index in [0.717, 1.165) is 5.56 Å². The van der Waals surface area contributed by atoms with Crippen LogP contribution in [0.5, 0.6) is 0 Å². The van der Waals surface area contributed by atoms with Crippen molar-refractivity contribution in [3.05, 3.63) is 82.7 Å². The molecule has 0 bridgehead atoms. The summed E-state index contributed by atoms with van der Waals surface area (Å²) in [7, 11) is 0. The van der Waals surface area contributed by atoms with Crippen LogP contribution in [0.25, 0.3) is 23.2 Å². The van der Waals surface area contributed by atoms with Crippen molar-refractivity contribution in [3.8, 4) is 11.4 Å². The fourth-order valence-corrected chi connectivity index (χ4v) is 2.98. The van der Waals surface area contributed by atoms with E-state index in [-0.39, 0.29) is 10.7 Å². The van der Waals surface area contributed by atoms with Crippen molar-refractivity contribution in [2.75, 3.05) is 5.32 Å². The minimum atomic E-state index is -0.491. The van der Waals surface area contributed by atoms with Gasteiger partial charge in [0.15, 0.2) is 5.82 Å². The van der Waals surface area contributed by atoms with Gasteiger partial charge >= 0.3 is 0 Å². The van der Waals surface area contributed by atoms with Gasteiger partial charge in [-0.1, -0.05) is 59.6 Å². The van der Waals surface area contributed by atoms with Crippen LogP contribution in [0.4, 0.5) is 5.69 Å². The third-order valence-electron chi connectivity index (χ3n) is 3.98. The number of benzene rings is 2. The first-order valence-electron chi connectivity index (χ1n) is 8.48. The average Bonchev–Trinajstić information content (AvgIpc) is 3.42. The van der Waals surface area contributed by atoms with Gasteiger partial charge in [0.2, 0.25) is 0 Å². The first kappa shape index (κ1) is 18.9. The predicted molar refractivity (Wildman–Crippen MR) is 111 cm³/mol. The average molecular weight is 426 g/mol. The number of carbonyl (C=O) groups is 1. The smallest absolute Gasteiger partial charge is 0.274 e. The van der Waals surface area contributed by atoms with Crippen molar-refractivity contribution >= 4 is 46.6 Å². The van der Waals surface area contributed by atoms with Crippen molar-refractivity contribution in [2.45, 2.75) is 0 Å². The molecule has 0 saturated heterocycles. The highest BCUT2D eigenvalue weighted by Crippen LogP contribution is 2.30. The van der Waals surface area contributed by atoms with Crippen LogP contribution < -0.4 is 5.32 Å². The van der Waals surface area contributed by atoms with E-state index in [4.69, 9.17) is 27.6 Å². The maximum atomic E-state index is 13.1. The van der Waals surface area contributed by atoms with Crippen LogP contribution in [-0.4, -0.2) is 26.1 Å². The third kappa shape index (κ3) is 4.06. The van der Waals surface area contributed by atoms with Gasteiger partial charge in [-0.2, -0.15) is 4.68 Å². The highest BCUT2D eigenvalue weighted by atomic mass is 35.5. The molecule has 0 aliphatic carbocycles. The highest BCUT2D eigenvalue weighted by molar-refractivity contribution is 6.44. The van der Waals surface area contributed by atoms with Gasteiger partial charge in [-0.3, -0.25) is 4.79 Å². The van der Waals surface area contributed by atoms with Gasteiger partial charge in [-0.25, -0.2) is 0 Å². The van der Waals surface area contributed by atoms with Crippen molar-refractivity contribution in [2.24, 2.45) is 0 Å². The lowest BCUT2D eigenvalue weighted by molar-refractivity contribution is -0.111. The minimum Gasteiger partial charge on any atom is -0.465 e. The van der Waals surface area contributed by atoms with Crippen LogP contribution in [-0.2, 0) is 4.79 Å². The van der Waals surface area contributed by atoms with Crippen LogP contribution in [0, 0.1) is 0 Å². The number of hydrogen-bond acceptors (Lipinski definition) is 5. The SMILES string of the molecule is O=C(Nc1cccc(Cl)c1Cl)C(=Cc1ccco1)n1nnnc1-c1ccccc1. The molecule has 2 heterocycles. The van der Waals surface area contributed by atoms with Crippen LogP contribution in [0.1, 0.15) is 5.76 Å². The number of tetrazole rings is 1. The van der Waals surface area contributed by atoms with E-state index in [0.29, 0.717) is 22.3 Å². The molecule has 0 atom stereocenters. The van der Waals surface area contributed by atoms with Gasteiger partial charge in [0.1, 0.15) is 11.5 Å². The summed E-state index contributed by atoms with van der Waals surface area (Å²) in [5, 5.41) is 15.1. The van der Waals surface area contributed by atoms with Crippen LogP contribution >= 0.6 is 23.2 Å². The zero-order valence-electron chi connectivity index (χ0n) is 14.8. The molecule has 0 aliphatic rings. The molecule has 0 spiro atoms. The van der Waals surface area contributed by atoms with E-state index in [2.05, 4.69) is 20.8 Å². The summed E-state index contributed by atoms with van der Waals surface area (Å²) in [5.74, 6) is 0.368. The Morgan fingerprint density at radius 1 is 1.03 bits per heavy atom. The number of anilines is 1. The van der Waals surface area contributed by atoms with Gasteiger partial charge in [-0.15, -0.1) is 5.10 Å². The molecule has 4 aromatic rings. The van der Waals surface area contributed by atoms with Crippen LogP contribution in [0.15, 0.2) is 71.3 Å². The molecule has 4 rings (SSSR count). The Kier molecular flexibility index (Phi) is 5.41. The number of amides is 1. The lowest BCUT2D eigenvalue weighted by Crippen LogP contribution is -2.19. The summed E-state index contributed by atoms with van der Waals surface area (Å²) in [6.45, 7) is 0. The van der Waals surface area contributed by atoms with Gasteiger partial charge in [0, 0.05) is 11.6 Å². The highest BCUT2D eigenvalue weighted by Gasteiger charge is 2.21. The third-order valence-corrected chi connectivity index (χ3v) is 4.80. The zero-order valence-corrected chi connectivity index (χ0v) is 16.3. The molecule has 0 unspecified atom stereocenters. The Morgan fingerprint density at radius 3 is 2.62 bits per heavy atom. The summed E-state index contributed by atoms with van der Waals surface area (Å²) in [5.41, 5.74) is 1.25. The second-order valence-electron chi connectivity index (χ2n) is 5.88. The van der Waals surface area contributed by atoms with Crippen molar-refractivity contribution < 1.29 is 9.21 Å². The lowest BCUT2D eigenvalue weighted by atomic mass is 10.2. The maximum Gasteiger partial charge on any atom is 0.274 e. The Labute approximate surface area is 175 Å². The molecular weight excluding hydrogens is 413 g/mol. The Bertz CT molecular complexity index is 1170. The molecule has 0 aliphatic heterocycles. The number of aromatic nitrogens is 4. The number of rotatable bonds is 5. The second-order valence-corrected chi connectivity index (χ2v) is 6.67. The fourth-order valence-electron chi connectivity index (χ4n) is 2.63. The number of hydrogen-bond donors (Lipinski definition) is 1. The molecule has 1 amide bonds. The number of nitrogens with zero attached hydrogens (tertiary/aromatic N) is 4. The van der Waals surface area contributed by atoms with E-state index < -0.39 is 5.91 Å². The lowest BCUT2D eigenvalue weighted by Gasteiger charge is -2.12. The second kappa shape index (κ2) is 8.30. The standard InChI is InChI=1S/C20H13Cl2N5O2/c21-15-9-4-10-16(18(15)22)23-20(28)17(12-14-8-5-11-29-14)27-19(24-25-26-27)13-6-2-1-3-7-13/h1-12H,(H,23,28). The van der Waals surface area contributed by atoms with Gasteiger partial charge in [-0.05, 0) is 34.7 Å². The van der Waals surface area contributed by atoms with E-state index in [1.165, 1.54) is 17.0 Å². The molecular formula is C20H13Cl2N5O2. The normalized spacial score (nSPS) is 11.4. The zero-order chi connectivity index (χ0) is 20.2. The molecule has 2 aromatic heterocycles. The number of nitrogens with one attached hydrogen (secondary N) is 1. The molecule has 7 nitrogen and oxygen atoms in total. The first-order valence-corrected chi connectivity index (χ1v) is 9.24. The fraction of sp³-hybridized carbons (Fsp3) is 0. The largest absolute Gasteiger partial charge is 0.465 e. The summed E-state index contributed by atoms with van der Waals surface area (Å²) in [6, 6.07) is 17.7. The summed E-state index contributed by atoms with van der Waals surface area (Å²) < 4.78 is 6.70. The first-order chi connectivity index (χ1) is 14.1. The topological polar surface area (TPSA) is 85.8 Å². The Morgan fingerprint density at radius 2 is 1.86 bits per heavy atom. The molecule has 2 aromatic carbocycles. The molecule has 0 fully saturated rings. The molecule has 144 valence electrons. The van der Waals surface area contributed by atoms with E-state index in [1.807, 2.05) is 30.3 Å². The minimum absolute atomic E-state index is 0.139. The quantitative estimate of drug-likeness (QED) is 0.460. The van der Waals surface area contributed by atoms with Gasteiger partial charge in [0.25, 0.3) is 5.91 Å². The monoisotopic (exact) mass is 425 g/mol. The van der Waals surface area contributed by atoms with E-state index >= 15 is 0 Å². The molecule has 29 heavy (non-hydrogen) atoms. The van der Waals surface area contributed by atoms with E-state index in [9.17, 15) is 4.79 Å². The molecule has 1 N–H and O–H groups in total. The van der Waals surface area contributed by atoms with Gasteiger partial charge in [0.05, 0.1) is 22.0 Å². The van der Waals surface area contributed by atoms with Crippen LogP contribution in [0.2, 0.25) is 10.0 Å². The number of halogens is 2. The van der Waals surface area contributed by atoms with Crippen LogP contribution in [0.3, 0.4) is 0 Å². The van der Waals surface area contributed by atoms with E-state index in [1.54, 1.807) is 30.3 Å². The maximum absolute atomic E-state index is 13.1. The molecule has 0 saturated carbocycles. The number of carbonyl (C=O) groups excluding carboxylic acids is 1. The van der Waals surface area contributed by atoms with Crippen molar-refractivity contribution in [1.82, 2.24) is 20.2 Å². The van der Waals surface area contributed by atoms with Gasteiger partial charge < -0.3 is 9.73 Å². The molecule has 0 radical (unpaired) electrons. The number of furan rings is 1.